The van der Waals surface area contributed by atoms with Crippen LogP contribution < -0.4 is 4.74 Å². The van der Waals surface area contributed by atoms with Crippen LogP contribution in [0.5, 0.6) is 11.6 Å². The van der Waals surface area contributed by atoms with E-state index in [9.17, 15) is 0 Å². The molecule has 3 aromatic heterocycles. The lowest BCUT2D eigenvalue weighted by atomic mass is 9.88. The second kappa shape index (κ2) is 8.65. The third-order valence-electron chi connectivity index (χ3n) is 6.55. The van der Waals surface area contributed by atoms with Gasteiger partial charge in [-0.3, -0.25) is 4.57 Å². The van der Waals surface area contributed by atoms with Crippen molar-refractivity contribution >= 4 is 21.8 Å². The zero-order chi connectivity index (χ0) is 24.7. The number of hydrogen-bond acceptors (Lipinski definition) is 3. The highest BCUT2D eigenvalue weighted by molar-refractivity contribution is 6.10. The van der Waals surface area contributed by atoms with E-state index in [0.29, 0.717) is 5.88 Å². The molecular weight excluding hydrogens is 442 g/mol. The average Bonchev–Trinajstić information content (AvgIpc) is 3.22. The van der Waals surface area contributed by atoms with Crippen LogP contribution in [0.15, 0.2) is 109 Å². The van der Waals surface area contributed by atoms with Gasteiger partial charge in [-0.25, -0.2) is 9.97 Å². The molecule has 0 saturated heterocycles. The van der Waals surface area contributed by atoms with E-state index in [4.69, 9.17) is 9.72 Å². The zero-order valence-electron chi connectivity index (χ0n) is 20.6. The molecule has 0 aliphatic carbocycles. The number of aromatic nitrogens is 3. The molecule has 0 atom stereocenters. The van der Waals surface area contributed by atoms with Crippen LogP contribution in [-0.2, 0) is 5.41 Å². The molecule has 0 saturated carbocycles. The first-order valence-electron chi connectivity index (χ1n) is 12.2. The number of hydrogen-bond donors (Lipinski definition) is 0. The fourth-order valence-electron chi connectivity index (χ4n) is 4.66. The van der Waals surface area contributed by atoms with E-state index in [-0.39, 0.29) is 5.41 Å². The van der Waals surface area contributed by atoms with Crippen molar-refractivity contribution in [2.24, 2.45) is 0 Å². The van der Waals surface area contributed by atoms with Crippen LogP contribution in [0, 0.1) is 0 Å². The fraction of sp³-hybridized carbons (Fsp3) is 0.125. The highest BCUT2D eigenvalue weighted by atomic mass is 16.5. The summed E-state index contributed by atoms with van der Waals surface area (Å²) in [6, 6.07) is 33.3. The first-order valence-corrected chi connectivity index (χ1v) is 12.2. The van der Waals surface area contributed by atoms with Gasteiger partial charge in [0.15, 0.2) is 0 Å². The van der Waals surface area contributed by atoms with Crippen LogP contribution in [0.2, 0.25) is 0 Å². The third kappa shape index (κ3) is 4.01. The highest BCUT2D eigenvalue weighted by Gasteiger charge is 2.18. The molecule has 36 heavy (non-hydrogen) atoms. The monoisotopic (exact) mass is 469 g/mol. The maximum atomic E-state index is 6.10. The van der Waals surface area contributed by atoms with Gasteiger partial charge in [-0.15, -0.1) is 0 Å². The first-order chi connectivity index (χ1) is 17.5. The normalized spacial score (nSPS) is 11.8. The van der Waals surface area contributed by atoms with Gasteiger partial charge < -0.3 is 4.74 Å². The van der Waals surface area contributed by atoms with Gasteiger partial charge in [0.2, 0.25) is 5.88 Å². The number of rotatable bonds is 4. The standard InChI is InChI=1S/C32H27N3O/c1-32(2,3)24-16-18-33-30(20-24)35-28-15-12-23(22-9-5-4-6-10-22)19-27(28)26-14-13-25(21-29(26)35)36-31-11-7-8-17-34-31/h4-21H,1-3H3. The van der Waals surface area contributed by atoms with E-state index < -0.39 is 0 Å². The predicted molar refractivity (Wildman–Crippen MR) is 147 cm³/mol. The van der Waals surface area contributed by atoms with Crippen molar-refractivity contribution in [1.82, 2.24) is 14.5 Å². The first kappa shape index (κ1) is 22.1. The van der Waals surface area contributed by atoms with Crippen molar-refractivity contribution < 1.29 is 4.74 Å². The third-order valence-corrected chi connectivity index (χ3v) is 6.55. The van der Waals surface area contributed by atoms with Gasteiger partial charge in [0.1, 0.15) is 11.6 Å². The summed E-state index contributed by atoms with van der Waals surface area (Å²) in [7, 11) is 0. The zero-order valence-corrected chi connectivity index (χ0v) is 20.6. The highest BCUT2D eigenvalue weighted by Crippen LogP contribution is 2.37. The molecule has 6 rings (SSSR count). The predicted octanol–water partition coefficient (Wildman–Crippen LogP) is 8.33. The number of ether oxygens (including phenoxy) is 1. The van der Waals surface area contributed by atoms with Gasteiger partial charge in [-0.2, -0.15) is 0 Å². The fourth-order valence-corrected chi connectivity index (χ4v) is 4.66. The number of benzene rings is 3. The van der Waals surface area contributed by atoms with Crippen molar-refractivity contribution in [1.29, 1.82) is 0 Å². The molecule has 6 aromatic rings. The molecule has 4 nitrogen and oxygen atoms in total. The summed E-state index contributed by atoms with van der Waals surface area (Å²) < 4.78 is 8.34. The Morgan fingerprint density at radius 2 is 1.47 bits per heavy atom. The van der Waals surface area contributed by atoms with Crippen LogP contribution in [-0.4, -0.2) is 14.5 Å². The molecule has 3 aromatic carbocycles. The van der Waals surface area contributed by atoms with Crippen molar-refractivity contribution in [3.8, 4) is 28.6 Å². The molecule has 0 aliphatic heterocycles. The minimum atomic E-state index is 0.0180. The lowest BCUT2D eigenvalue weighted by molar-refractivity contribution is 0.463. The molecule has 0 aliphatic rings. The maximum absolute atomic E-state index is 6.10. The number of nitrogens with zero attached hydrogens (tertiary/aromatic N) is 3. The van der Waals surface area contributed by atoms with Crippen LogP contribution in [0.25, 0.3) is 38.8 Å². The van der Waals surface area contributed by atoms with Gasteiger partial charge in [0.05, 0.1) is 11.0 Å². The smallest absolute Gasteiger partial charge is 0.219 e. The lowest BCUT2D eigenvalue weighted by Gasteiger charge is -2.20. The second-order valence-electron chi connectivity index (χ2n) is 10.0. The Morgan fingerprint density at radius 1 is 0.639 bits per heavy atom. The summed E-state index contributed by atoms with van der Waals surface area (Å²) in [5.74, 6) is 2.20. The maximum Gasteiger partial charge on any atom is 0.219 e. The van der Waals surface area contributed by atoms with E-state index in [2.05, 4.69) is 97.1 Å². The Balaban J connectivity index is 1.60. The minimum absolute atomic E-state index is 0.0180. The molecule has 0 fully saturated rings. The Morgan fingerprint density at radius 3 is 2.25 bits per heavy atom. The molecule has 4 heteroatoms. The summed E-state index contributed by atoms with van der Waals surface area (Å²) in [4.78, 5) is 9.12. The SMILES string of the molecule is CC(C)(C)c1ccnc(-n2c3ccc(-c4ccccc4)cc3c3ccc(Oc4ccccn4)cc32)c1. The molecule has 0 radical (unpaired) electrons. The molecule has 176 valence electrons. The van der Waals surface area contributed by atoms with E-state index in [1.165, 1.54) is 22.1 Å². The summed E-state index contributed by atoms with van der Waals surface area (Å²) >= 11 is 0. The molecule has 3 heterocycles. The van der Waals surface area contributed by atoms with E-state index >= 15 is 0 Å². The van der Waals surface area contributed by atoms with Gasteiger partial charge in [0.25, 0.3) is 0 Å². The summed E-state index contributed by atoms with van der Waals surface area (Å²) in [5, 5.41) is 2.33. The van der Waals surface area contributed by atoms with E-state index in [1.807, 2.05) is 36.5 Å². The molecule has 0 N–H and O–H groups in total. The van der Waals surface area contributed by atoms with Crippen LogP contribution >= 0.6 is 0 Å². The molecule has 0 bridgehead atoms. The van der Waals surface area contributed by atoms with Gasteiger partial charge in [-0.1, -0.05) is 63.2 Å². The summed E-state index contributed by atoms with van der Waals surface area (Å²) in [5.41, 5.74) is 5.80. The Hall–Kier alpha value is -4.44. The Labute approximate surface area is 210 Å². The van der Waals surface area contributed by atoms with Crippen molar-refractivity contribution in [3.63, 3.8) is 0 Å². The average molecular weight is 470 g/mol. The van der Waals surface area contributed by atoms with Gasteiger partial charge in [-0.05, 0) is 64.6 Å². The number of pyridine rings is 2. The van der Waals surface area contributed by atoms with Crippen molar-refractivity contribution in [3.05, 3.63) is 115 Å². The Kier molecular flexibility index (Phi) is 5.30. The summed E-state index contributed by atoms with van der Waals surface area (Å²) in [6.45, 7) is 6.68. The van der Waals surface area contributed by atoms with Crippen LogP contribution in [0.3, 0.4) is 0 Å². The molecule has 0 amide bonds. The van der Waals surface area contributed by atoms with Gasteiger partial charge in [0, 0.05) is 35.3 Å². The second-order valence-corrected chi connectivity index (χ2v) is 10.0. The largest absolute Gasteiger partial charge is 0.439 e. The van der Waals surface area contributed by atoms with Crippen molar-refractivity contribution in [2.45, 2.75) is 26.2 Å². The molecule has 0 spiro atoms. The lowest BCUT2D eigenvalue weighted by Crippen LogP contribution is -2.12. The molecular formula is C32H27N3O. The number of fused-ring (bicyclic) bond motifs is 3. The van der Waals surface area contributed by atoms with Crippen LogP contribution in [0.1, 0.15) is 26.3 Å². The van der Waals surface area contributed by atoms with E-state index in [1.54, 1.807) is 6.20 Å². The topological polar surface area (TPSA) is 39.9 Å². The quantitative estimate of drug-likeness (QED) is 0.260. The molecule has 0 unspecified atom stereocenters. The van der Waals surface area contributed by atoms with Gasteiger partial charge >= 0.3 is 0 Å². The Bertz CT molecular complexity index is 1680. The van der Waals surface area contributed by atoms with Crippen LogP contribution in [0.4, 0.5) is 0 Å². The van der Waals surface area contributed by atoms with Crippen molar-refractivity contribution in [2.75, 3.05) is 0 Å². The van der Waals surface area contributed by atoms with E-state index in [0.717, 1.165) is 28.0 Å². The minimum Gasteiger partial charge on any atom is -0.439 e. The summed E-state index contributed by atoms with van der Waals surface area (Å²) in [6.07, 6.45) is 3.64.